The van der Waals surface area contributed by atoms with E-state index in [0.29, 0.717) is 13.2 Å². The van der Waals surface area contributed by atoms with Gasteiger partial charge in [-0.15, -0.1) is 0 Å². The number of carbonyl (C=O) groups is 2. The molecule has 136 valence electrons. The van der Waals surface area contributed by atoms with Crippen molar-refractivity contribution in [3.05, 3.63) is 36.0 Å². The molecule has 0 saturated heterocycles. The summed E-state index contributed by atoms with van der Waals surface area (Å²) < 4.78 is 10.5. The van der Waals surface area contributed by atoms with Gasteiger partial charge in [0.15, 0.2) is 0 Å². The van der Waals surface area contributed by atoms with E-state index in [1.807, 2.05) is 31.2 Å². The van der Waals surface area contributed by atoms with E-state index >= 15 is 0 Å². The molecule has 0 radical (unpaired) electrons. The lowest BCUT2D eigenvalue weighted by atomic mass is 10.0. The average molecular weight is 348 g/mol. The summed E-state index contributed by atoms with van der Waals surface area (Å²) in [6.07, 6.45) is 1.22. The maximum Gasteiger partial charge on any atom is 0.326 e. The second-order valence-electron chi connectivity index (χ2n) is 5.67. The van der Waals surface area contributed by atoms with Crippen molar-refractivity contribution >= 4 is 22.8 Å². The number of benzene rings is 1. The van der Waals surface area contributed by atoms with Gasteiger partial charge in [0.1, 0.15) is 12.1 Å². The van der Waals surface area contributed by atoms with Gasteiger partial charge in [0.2, 0.25) is 5.91 Å². The predicted molar refractivity (Wildman–Crippen MR) is 93.5 cm³/mol. The number of ether oxygens (including phenoxy) is 2. The number of aromatic nitrogens is 1. The summed E-state index contributed by atoms with van der Waals surface area (Å²) in [5.41, 5.74) is 1.77. The largest absolute Gasteiger partial charge is 0.480 e. The summed E-state index contributed by atoms with van der Waals surface area (Å²) in [5.74, 6) is -1.54. The van der Waals surface area contributed by atoms with Crippen LogP contribution in [0.3, 0.4) is 0 Å². The highest BCUT2D eigenvalue weighted by atomic mass is 16.5. The minimum absolute atomic E-state index is 0.191. The Labute approximate surface area is 146 Å². The van der Waals surface area contributed by atoms with E-state index in [2.05, 4.69) is 10.3 Å². The van der Waals surface area contributed by atoms with Gasteiger partial charge < -0.3 is 24.9 Å². The summed E-state index contributed by atoms with van der Waals surface area (Å²) in [4.78, 5) is 26.8. The molecule has 7 heteroatoms. The number of fused-ring (bicyclic) bond motifs is 1. The van der Waals surface area contributed by atoms with Crippen LogP contribution in [0.4, 0.5) is 0 Å². The van der Waals surface area contributed by atoms with Crippen LogP contribution in [0.15, 0.2) is 30.5 Å². The third-order valence-electron chi connectivity index (χ3n) is 3.88. The molecule has 2 unspecified atom stereocenters. The van der Waals surface area contributed by atoms with Crippen molar-refractivity contribution in [3.8, 4) is 0 Å². The summed E-state index contributed by atoms with van der Waals surface area (Å²) in [7, 11) is 0. The molecule has 1 aromatic heterocycles. The van der Waals surface area contributed by atoms with Gasteiger partial charge in [-0.3, -0.25) is 4.79 Å². The van der Waals surface area contributed by atoms with Crippen LogP contribution in [-0.4, -0.2) is 53.9 Å². The zero-order valence-electron chi connectivity index (χ0n) is 14.5. The van der Waals surface area contributed by atoms with Crippen molar-refractivity contribution in [3.63, 3.8) is 0 Å². The number of rotatable bonds is 10. The smallest absolute Gasteiger partial charge is 0.326 e. The van der Waals surface area contributed by atoms with Crippen LogP contribution < -0.4 is 5.32 Å². The van der Waals surface area contributed by atoms with Crippen molar-refractivity contribution in [2.24, 2.45) is 0 Å². The van der Waals surface area contributed by atoms with Gasteiger partial charge in [0, 0.05) is 30.1 Å². The number of hydrogen-bond acceptors (Lipinski definition) is 4. The molecule has 2 atom stereocenters. The Balaban J connectivity index is 1.96. The number of carbonyl (C=O) groups excluding carboxylic acids is 1. The van der Waals surface area contributed by atoms with E-state index in [9.17, 15) is 14.7 Å². The molecule has 2 aromatic rings. The molecule has 0 aliphatic heterocycles. The highest BCUT2D eigenvalue weighted by Gasteiger charge is 2.24. The number of aliphatic carboxylic acids is 1. The topological polar surface area (TPSA) is 101 Å². The zero-order chi connectivity index (χ0) is 18.2. The van der Waals surface area contributed by atoms with E-state index in [1.165, 1.54) is 0 Å². The Kier molecular flexibility index (Phi) is 6.97. The van der Waals surface area contributed by atoms with Gasteiger partial charge in [-0.25, -0.2) is 4.79 Å². The molecule has 1 aromatic carbocycles. The summed E-state index contributed by atoms with van der Waals surface area (Å²) >= 11 is 0. The number of hydrogen-bond donors (Lipinski definition) is 3. The van der Waals surface area contributed by atoms with Crippen LogP contribution in [-0.2, 0) is 25.5 Å². The van der Waals surface area contributed by atoms with E-state index < -0.39 is 24.0 Å². The lowest BCUT2D eigenvalue weighted by Crippen LogP contribution is -2.46. The molecule has 1 amide bonds. The van der Waals surface area contributed by atoms with Gasteiger partial charge in [0.05, 0.1) is 13.2 Å². The van der Waals surface area contributed by atoms with Gasteiger partial charge in [-0.05, 0) is 25.5 Å². The van der Waals surface area contributed by atoms with Crippen molar-refractivity contribution in [2.75, 3.05) is 19.8 Å². The van der Waals surface area contributed by atoms with Crippen LogP contribution in [0.1, 0.15) is 19.4 Å². The highest BCUT2D eigenvalue weighted by Crippen LogP contribution is 2.19. The monoisotopic (exact) mass is 348 g/mol. The second kappa shape index (κ2) is 9.19. The number of amides is 1. The van der Waals surface area contributed by atoms with E-state index in [4.69, 9.17) is 9.47 Å². The fourth-order valence-corrected chi connectivity index (χ4v) is 2.51. The molecule has 7 nitrogen and oxygen atoms in total. The van der Waals surface area contributed by atoms with E-state index in [-0.39, 0.29) is 13.0 Å². The molecule has 0 aliphatic rings. The SMILES string of the molecule is CCOCCOC(C)C(=O)NC(Cc1c[nH]c2ccccc12)C(=O)O. The molecular formula is C18H24N2O5. The maximum atomic E-state index is 12.2. The van der Waals surface area contributed by atoms with Crippen molar-refractivity contribution in [2.45, 2.75) is 32.4 Å². The fraction of sp³-hybridized carbons (Fsp3) is 0.444. The number of nitrogens with one attached hydrogen (secondary N) is 2. The number of aromatic amines is 1. The van der Waals surface area contributed by atoms with Crippen LogP contribution in [0.2, 0.25) is 0 Å². The summed E-state index contributed by atoms with van der Waals surface area (Å²) in [6, 6.07) is 6.61. The molecule has 0 bridgehead atoms. The first-order chi connectivity index (χ1) is 12.0. The predicted octanol–water partition coefficient (Wildman–Crippen LogP) is 1.72. The Morgan fingerprint density at radius 2 is 2.04 bits per heavy atom. The minimum atomic E-state index is -1.08. The first kappa shape index (κ1) is 19.0. The molecule has 25 heavy (non-hydrogen) atoms. The van der Waals surface area contributed by atoms with Crippen molar-refractivity contribution < 1.29 is 24.2 Å². The molecule has 0 spiro atoms. The molecule has 3 N–H and O–H groups in total. The number of para-hydroxylation sites is 1. The first-order valence-electron chi connectivity index (χ1n) is 8.30. The molecule has 0 fully saturated rings. The molecule has 1 heterocycles. The first-order valence-corrected chi connectivity index (χ1v) is 8.30. The van der Waals surface area contributed by atoms with Crippen LogP contribution >= 0.6 is 0 Å². The number of H-pyrrole nitrogens is 1. The Morgan fingerprint density at radius 3 is 2.76 bits per heavy atom. The third kappa shape index (κ3) is 5.30. The standard InChI is InChI=1S/C18H24N2O5/c1-3-24-8-9-25-12(2)17(21)20-16(18(22)23)10-13-11-19-15-7-5-4-6-14(13)15/h4-7,11-12,16,19H,3,8-10H2,1-2H3,(H,20,21)(H,22,23). The molecule has 0 saturated carbocycles. The normalized spacial score (nSPS) is 13.5. The van der Waals surface area contributed by atoms with Gasteiger partial charge in [-0.2, -0.15) is 0 Å². The number of carboxylic acids is 1. The lowest BCUT2D eigenvalue weighted by molar-refractivity contribution is -0.144. The van der Waals surface area contributed by atoms with E-state index in [1.54, 1.807) is 13.1 Å². The Morgan fingerprint density at radius 1 is 1.28 bits per heavy atom. The molecule has 2 rings (SSSR count). The van der Waals surface area contributed by atoms with Crippen LogP contribution in [0, 0.1) is 0 Å². The summed E-state index contributed by atoms with van der Waals surface area (Å²) in [6.45, 7) is 4.72. The van der Waals surface area contributed by atoms with Gasteiger partial charge in [0.25, 0.3) is 0 Å². The van der Waals surface area contributed by atoms with Crippen molar-refractivity contribution in [1.82, 2.24) is 10.3 Å². The van der Waals surface area contributed by atoms with Gasteiger partial charge >= 0.3 is 5.97 Å². The van der Waals surface area contributed by atoms with Crippen molar-refractivity contribution in [1.29, 1.82) is 0 Å². The number of carboxylic acid groups (broad SMARTS) is 1. The zero-order valence-corrected chi connectivity index (χ0v) is 14.5. The average Bonchev–Trinajstić information content (AvgIpc) is 3.01. The van der Waals surface area contributed by atoms with Gasteiger partial charge in [-0.1, -0.05) is 18.2 Å². The fourth-order valence-electron chi connectivity index (χ4n) is 2.51. The summed E-state index contributed by atoms with van der Waals surface area (Å²) in [5, 5.41) is 12.9. The quantitative estimate of drug-likeness (QED) is 0.568. The van der Waals surface area contributed by atoms with E-state index in [0.717, 1.165) is 16.5 Å². The molecular weight excluding hydrogens is 324 g/mol. The lowest BCUT2D eigenvalue weighted by Gasteiger charge is -2.18. The van der Waals surface area contributed by atoms with Crippen LogP contribution in [0.5, 0.6) is 0 Å². The Hall–Kier alpha value is -2.38. The third-order valence-corrected chi connectivity index (χ3v) is 3.88. The van der Waals surface area contributed by atoms with Crippen LogP contribution in [0.25, 0.3) is 10.9 Å². The maximum absolute atomic E-state index is 12.2. The second-order valence-corrected chi connectivity index (χ2v) is 5.67. The highest BCUT2D eigenvalue weighted by molar-refractivity contribution is 5.88. The molecule has 0 aliphatic carbocycles. The minimum Gasteiger partial charge on any atom is -0.480 e. The Bertz CT molecular complexity index is 712.